The number of phenols is 3. The minimum atomic E-state index is -1.00. The fraction of sp³-hybridized carbons (Fsp3) is 0.440. The molecule has 0 spiro atoms. The Morgan fingerprint density at radius 1 is 0.770 bits per heavy atom. The molecule has 9 rings (SSSR count). The van der Waals surface area contributed by atoms with Crippen molar-refractivity contribution in [1.29, 1.82) is 0 Å². The molecule has 0 saturated heterocycles. The van der Waals surface area contributed by atoms with Crippen molar-refractivity contribution in [3.8, 4) is 51.4 Å². The number of hydrogen-bond donors (Lipinski definition) is 5. The first-order chi connectivity index (χ1) is 29.8. The minimum absolute atomic E-state index is 0.0301. The molecule has 1 fully saturated rings. The second-order valence-corrected chi connectivity index (χ2v) is 17.0. The molecule has 11 nitrogen and oxygen atoms in total. The summed E-state index contributed by atoms with van der Waals surface area (Å²) in [5.41, 5.74) is 5.79. The van der Waals surface area contributed by atoms with E-state index in [2.05, 4.69) is 0 Å². The number of phenolic OH excluding ortho intramolecular Hbond substituents is 3. The molecule has 5 N–H and O–H groups in total. The van der Waals surface area contributed by atoms with E-state index in [1.54, 1.807) is 49.6 Å². The Morgan fingerprint density at radius 2 is 1.59 bits per heavy atom. The monoisotopic (exact) mass is 832 g/mol. The predicted molar refractivity (Wildman–Crippen MR) is 230 cm³/mol. The van der Waals surface area contributed by atoms with Gasteiger partial charge in [-0.1, -0.05) is 18.2 Å². The normalized spacial score (nSPS) is 22.1. The van der Waals surface area contributed by atoms with Gasteiger partial charge in [0, 0.05) is 78.2 Å². The van der Waals surface area contributed by atoms with E-state index in [9.17, 15) is 25.5 Å². The molecule has 5 aromatic carbocycles. The molecule has 3 aliphatic heterocycles. The van der Waals surface area contributed by atoms with Crippen LogP contribution in [0.5, 0.6) is 40.2 Å². The van der Waals surface area contributed by atoms with E-state index in [-0.39, 0.29) is 36.6 Å². The minimum Gasteiger partial charge on any atom is -0.508 e. The van der Waals surface area contributed by atoms with Crippen LogP contribution >= 0.6 is 0 Å². The molecule has 0 aromatic heterocycles. The number of hydrogen-bond acceptors (Lipinski definition) is 11. The number of fused-ring (bicyclic) bond motifs is 7. The molecule has 0 amide bonds. The Morgan fingerprint density at radius 3 is 2.41 bits per heavy atom. The molecule has 0 bridgehead atoms. The number of aliphatic hydroxyl groups excluding tert-OH is 2. The lowest BCUT2D eigenvalue weighted by molar-refractivity contribution is -0.114. The summed E-state index contributed by atoms with van der Waals surface area (Å²) in [6.07, 6.45) is 5.87. The molecule has 5 atom stereocenters. The Hall–Kier alpha value is -5.20. The number of benzene rings is 5. The van der Waals surface area contributed by atoms with Gasteiger partial charge in [-0.25, -0.2) is 0 Å². The smallest absolute Gasteiger partial charge is 0.133 e. The van der Waals surface area contributed by atoms with E-state index in [1.165, 1.54) is 0 Å². The van der Waals surface area contributed by atoms with Crippen molar-refractivity contribution >= 4 is 10.8 Å². The Labute approximate surface area is 356 Å². The number of methoxy groups -OCH3 is 1. The molecule has 3 heterocycles. The van der Waals surface area contributed by atoms with Gasteiger partial charge in [0.1, 0.15) is 46.4 Å². The van der Waals surface area contributed by atoms with Crippen LogP contribution in [-0.4, -0.2) is 77.9 Å². The van der Waals surface area contributed by atoms with E-state index in [0.29, 0.717) is 74.1 Å². The van der Waals surface area contributed by atoms with Gasteiger partial charge in [0.15, 0.2) is 0 Å². The van der Waals surface area contributed by atoms with Crippen molar-refractivity contribution in [1.82, 2.24) is 0 Å². The maximum Gasteiger partial charge on any atom is 0.133 e. The van der Waals surface area contributed by atoms with Crippen LogP contribution in [0.3, 0.4) is 0 Å². The lowest BCUT2D eigenvalue weighted by atomic mass is 9.71. The van der Waals surface area contributed by atoms with Gasteiger partial charge in [0.2, 0.25) is 0 Å². The lowest BCUT2D eigenvalue weighted by Crippen LogP contribution is -2.47. The van der Waals surface area contributed by atoms with E-state index >= 15 is 0 Å². The lowest BCUT2D eigenvalue weighted by Gasteiger charge is -2.47. The van der Waals surface area contributed by atoms with Gasteiger partial charge in [0.25, 0.3) is 0 Å². The van der Waals surface area contributed by atoms with Crippen molar-refractivity contribution in [2.75, 3.05) is 40.1 Å². The second-order valence-electron chi connectivity index (χ2n) is 17.0. The average molecular weight is 833 g/mol. The first-order valence-corrected chi connectivity index (χ1v) is 21.9. The molecule has 5 aromatic rings. The summed E-state index contributed by atoms with van der Waals surface area (Å²) in [5.74, 6) is 2.17. The zero-order valence-corrected chi connectivity index (χ0v) is 34.7. The summed E-state index contributed by atoms with van der Waals surface area (Å²) in [5, 5.41) is 56.1. The van der Waals surface area contributed by atoms with Crippen LogP contribution in [-0.2, 0) is 22.3 Å². The summed E-state index contributed by atoms with van der Waals surface area (Å²) in [6.45, 7) is 1.51. The molecule has 4 aliphatic rings. The highest BCUT2D eigenvalue weighted by Gasteiger charge is 2.50. The van der Waals surface area contributed by atoms with Crippen molar-refractivity contribution in [3.63, 3.8) is 0 Å². The summed E-state index contributed by atoms with van der Waals surface area (Å²) >= 11 is 0. The zero-order valence-electron chi connectivity index (χ0n) is 34.7. The summed E-state index contributed by atoms with van der Waals surface area (Å²) < 4.78 is 39.5. The summed E-state index contributed by atoms with van der Waals surface area (Å²) in [6, 6.07) is 21.5. The molecule has 0 unspecified atom stereocenters. The van der Waals surface area contributed by atoms with Gasteiger partial charge in [-0.15, -0.1) is 0 Å². The van der Waals surface area contributed by atoms with Crippen LogP contribution in [0.15, 0.2) is 72.8 Å². The fourth-order valence-electron chi connectivity index (χ4n) is 10.2. The second kappa shape index (κ2) is 18.0. The van der Waals surface area contributed by atoms with E-state index < -0.39 is 30.1 Å². The molecule has 11 heteroatoms. The standard InChI is InChI=1S/C50H56O11/c1-56-19-6-13-43-44(50(58-21-7-18-51)45-39-12-5-20-57-48(39)40-26-34(54)15-17-38(40)49(45)61-43)42-28-59-47-31(25-36(27-41(47)46(42)55)60-35-10-2-3-11-35)22-30-24-33(53)14-16-37(30)29-8-4-9-32(52)23-29/h4,8-9,14-17,23-27,35,42-44,46,50-55H,2-3,5-7,10-13,18-22,28H2,1H3/t42-,43-,44-,46-,50-/m1/s1. The zero-order chi connectivity index (χ0) is 42.0. The first-order valence-electron chi connectivity index (χ1n) is 21.9. The Bertz CT molecular complexity index is 2350. The SMILES string of the molecule is COCCC[C@H]1Oc2c(c3c(c4cc(O)ccc24)OCCC3)[C@H](OCCCO)[C@@H]1[C@H]1COc2c(Cc3cc(O)ccc3-c3cccc(O)c3)cc(OC3CCCC3)cc2[C@H]1O. The maximum atomic E-state index is 12.9. The summed E-state index contributed by atoms with van der Waals surface area (Å²) in [7, 11) is 1.68. The molecular formula is C50H56O11. The van der Waals surface area contributed by atoms with Crippen molar-refractivity contribution in [2.45, 2.75) is 88.6 Å². The van der Waals surface area contributed by atoms with Gasteiger partial charge < -0.3 is 54.0 Å². The third-order valence-electron chi connectivity index (χ3n) is 13.0. The largest absolute Gasteiger partial charge is 0.508 e. The van der Waals surface area contributed by atoms with Crippen molar-refractivity contribution in [3.05, 3.63) is 101 Å². The number of aliphatic hydroxyl groups is 2. The average Bonchev–Trinajstić information content (AvgIpc) is 3.77. The molecule has 322 valence electrons. The highest BCUT2D eigenvalue weighted by atomic mass is 16.5. The van der Waals surface area contributed by atoms with Crippen molar-refractivity contribution in [2.24, 2.45) is 11.8 Å². The van der Waals surface area contributed by atoms with Crippen LogP contribution in [0.1, 0.15) is 91.4 Å². The fourth-order valence-corrected chi connectivity index (χ4v) is 10.2. The van der Waals surface area contributed by atoms with Gasteiger partial charge in [-0.3, -0.25) is 0 Å². The third-order valence-corrected chi connectivity index (χ3v) is 13.0. The molecule has 1 saturated carbocycles. The van der Waals surface area contributed by atoms with Crippen LogP contribution in [0.2, 0.25) is 0 Å². The Balaban J connectivity index is 1.16. The number of ether oxygens (including phenoxy) is 6. The van der Waals surface area contributed by atoms with Crippen LogP contribution in [0.4, 0.5) is 0 Å². The van der Waals surface area contributed by atoms with Gasteiger partial charge in [-0.2, -0.15) is 0 Å². The first kappa shape index (κ1) is 41.2. The molecule has 1 aliphatic carbocycles. The summed E-state index contributed by atoms with van der Waals surface area (Å²) in [4.78, 5) is 0. The highest BCUT2D eigenvalue weighted by Crippen LogP contribution is 2.57. The topological polar surface area (TPSA) is 157 Å². The number of rotatable bonds is 14. The van der Waals surface area contributed by atoms with Gasteiger partial charge in [-0.05, 0) is 129 Å². The molecule has 0 radical (unpaired) electrons. The quantitative estimate of drug-likeness (QED) is 0.0682. The Kier molecular flexibility index (Phi) is 12.2. The molecular weight excluding hydrogens is 777 g/mol. The van der Waals surface area contributed by atoms with Crippen molar-refractivity contribution < 1.29 is 54.0 Å². The highest BCUT2D eigenvalue weighted by molar-refractivity contribution is 5.97. The predicted octanol–water partition coefficient (Wildman–Crippen LogP) is 8.85. The van der Waals surface area contributed by atoms with Gasteiger partial charge in [0.05, 0.1) is 31.5 Å². The maximum absolute atomic E-state index is 12.9. The van der Waals surface area contributed by atoms with Gasteiger partial charge >= 0.3 is 0 Å². The van der Waals surface area contributed by atoms with Crippen LogP contribution < -0.4 is 18.9 Å². The van der Waals surface area contributed by atoms with Crippen LogP contribution in [0.25, 0.3) is 21.9 Å². The third kappa shape index (κ3) is 8.28. The van der Waals surface area contributed by atoms with E-state index in [1.807, 2.05) is 30.3 Å². The van der Waals surface area contributed by atoms with E-state index in [0.717, 1.165) is 82.7 Å². The van der Waals surface area contributed by atoms with E-state index in [4.69, 9.17) is 28.4 Å². The molecule has 61 heavy (non-hydrogen) atoms. The van der Waals surface area contributed by atoms with Crippen LogP contribution in [0, 0.1) is 11.8 Å². The number of aromatic hydroxyl groups is 3.